The van der Waals surface area contributed by atoms with Gasteiger partial charge in [-0.1, -0.05) is 31.0 Å². The van der Waals surface area contributed by atoms with E-state index in [0.29, 0.717) is 22.2 Å². The molecule has 0 spiro atoms. The molecule has 0 aliphatic heterocycles. The third-order valence-electron chi connectivity index (χ3n) is 4.03. The van der Waals surface area contributed by atoms with Gasteiger partial charge in [-0.3, -0.25) is 9.20 Å². The van der Waals surface area contributed by atoms with E-state index in [2.05, 4.69) is 17.2 Å². The third kappa shape index (κ3) is 3.33. The third-order valence-corrected chi connectivity index (χ3v) is 4.44. The molecule has 3 aromatic rings. The Morgan fingerprint density at radius 2 is 2.16 bits per heavy atom. The molecule has 6 heteroatoms. The van der Waals surface area contributed by atoms with Crippen LogP contribution in [0.2, 0.25) is 5.02 Å². The monoisotopic (exact) mass is 357 g/mol. The van der Waals surface area contributed by atoms with Gasteiger partial charge in [-0.05, 0) is 37.1 Å². The van der Waals surface area contributed by atoms with Gasteiger partial charge in [-0.25, -0.2) is 4.98 Å². The number of nitrogens with zero attached hydrogens (tertiary/aromatic N) is 2. The maximum atomic E-state index is 13.0. The van der Waals surface area contributed by atoms with E-state index in [1.165, 1.54) is 0 Å². The fourth-order valence-electron chi connectivity index (χ4n) is 2.81. The van der Waals surface area contributed by atoms with Crippen LogP contribution in [-0.2, 0) is 6.42 Å². The lowest BCUT2D eigenvalue weighted by atomic mass is 10.1. The van der Waals surface area contributed by atoms with Crippen molar-refractivity contribution in [1.82, 2.24) is 9.38 Å². The van der Waals surface area contributed by atoms with Crippen LogP contribution < -0.4 is 10.1 Å². The van der Waals surface area contributed by atoms with Crippen LogP contribution in [-0.4, -0.2) is 22.4 Å². The van der Waals surface area contributed by atoms with E-state index < -0.39 is 0 Å². The summed E-state index contributed by atoms with van der Waals surface area (Å²) in [6, 6.07) is 9.19. The predicted octanol–water partition coefficient (Wildman–Crippen LogP) is 4.51. The number of halogens is 1. The van der Waals surface area contributed by atoms with Gasteiger partial charge in [0.05, 0.1) is 18.5 Å². The average Bonchev–Trinajstić information content (AvgIpc) is 2.96. The Morgan fingerprint density at radius 1 is 1.36 bits per heavy atom. The Labute approximate surface area is 151 Å². The van der Waals surface area contributed by atoms with Crippen molar-refractivity contribution in [3.05, 3.63) is 58.5 Å². The molecule has 0 saturated heterocycles. The predicted molar refractivity (Wildman–Crippen MR) is 99.9 cm³/mol. The van der Waals surface area contributed by atoms with E-state index in [9.17, 15) is 4.79 Å². The lowest BCUT2D eigenvalue weighted by molar-refractivity contribution is 0.102. The van der Waals surface area contributed by atoms with Crippen molar-refractivity contribution in [3.63, 3.8) is 0 Å². The maximum Gasteiger partial charge on any atom is 0.274 e. The number of ether oxygens (including phenoxy) is 1. The molecule has 25 heavy (non-hydrogen) atoms. The van der Waals surface area contributed by atoms with Gasteiger partial charge >= 0.3 is 0 Å². The van der Waals surface area contributed by atoms with Gasteiger partial charge in [0.25, 0.3) is 5.91 Å². The smallest absolute Gasteiger partial charge is 0.274 e. The second kappa shape index (κ2) is 7.15. The zero-order valence-electron chi connectivity index (χ0n) is 14.5. The topological polar surface area (TPSA) is 55.6 Å². The number of fused-ring (bicyclic) bond motifs is 1. The molecule has 0 unspecified atom stereocenters. The van der Waals surface area contributed by atoms with E-state index in [4.69, 9.17) is 16.3 Å². The standard InChI is InChI=1S/C19H20ClN3O2/c1-4-7-14-18(23-9-6-5-8-17(23)21-14)19(24)22-15-10-12(2)13(20)11-16(15)25-3/h5-6,8-11H,4,7H2,1-3H3,(H,22,24). The number of hydrogen-bond donors (Lipinski definition) is 1. The highest BCUT2D eigenvalue weighted by molar-refractivity contribution is 6.31. The number of nitrogens with one attached hydrogen (secondary N) is 1. The van der Waals surface area contributed by atoms with Gasteiger partial charge < -0.3 is 10.1 Å². The van der Waals surface area contributed by atoms with Crippen molar-refractivity contribution in [3.8, 4) is 5.75 Å². The summed E-state index contributed by atoms with van der Waals surface area (Å²) >= 11 is 6.14. The zero-order valence-corrected chi connectivity index (χ0v) is 15.2. The number of carbonyl (C=O) groups excluding carboxylic acids is 1. The number of aryl methyl sites for hydroxylation is 2. The highest BCUT2D eigenvalue weighted by Crippen LogP contribution is 2.31. The molecule has 130 valence electrons. The number of pyridine rings is 1. The van der Waals surface area contributed by atoms with E-state index >= 15 is 0 Å². The van der Waals surface area contributed by atoms with Crippen LogP contribution in [0.15, 0.2) is 36.5 Å². The second-order valence-corrected chi connectivity index (χ2v) is 6.25. The Bertz CT molecular complexity index is 934. The normalized spacial score (nSPS) is 10.9. The van der Waals surface area contributed by atoms with Crippen molar-refractivity contribution in [2.75, 3.05) is 12.4 Å². The number of rotatable bonds is 5. The summed E-state index contributed by atoms with van der Waals surface area (Å²) in [5.41, 5.74) is 3.55. The fraction of sp³-hybridized carbons (Fsp3) is 0.263. The molecule has 0 saturated carbocycles. The Kier molecular flexibility index (Phi) is 4.95. The summed E-state index contributed by atoms with van der Waals surface area (Å²) < 4.78 is 7.16. The molecule has 0 radical (unpaired) electrons. The second-order valence-electron chi connectivity index (χ2n) is 5.84. The molecule has 1 N–H and O–H groups in total. The van der Waals surface area contributed by atoms with Crippen LogP contribution in [0.4, 0.5) is 5.69 Å². The number of aromatic nitrogens is 2. The van der Waals surface area contributed by atoms with Crippen molar-refractivity contribution in [1.29, 1.82) is 0 Å². The number of hydrogen-bond acceptors (Lipinski definition) is 3. The molecule has 2 heterocycles. The van der Waals surface area contributed by atoms with Gasteiger partial charge in [0.15, 0.2) is 0 Å². The molecule has 0 aliphatic rings. The van der Waals surface area contributed by atoms with E-state index in [0.717, 1.165) is 29.7 Å². The van der Waals surface area contributed by atoms with Gasteiger partial charge in [0.2, 0.25) is 0 Å². The molecule has 3 rings (SSSR count). The Morgan fingerprint density at radius 3 is 2.88 bits per heavy atom. The van der Waals surface area contributed by atoms with E-state index in [-0.39, 0.29) is 5.91 Å². The molecular formula is C19H20ClN3O2. The van der Waals surface area contributed by atoms with Gasteiger partial charge in [-0.2, -0.15) is 0 Å². The van der Waals surface area contributed by atoms with Crippen LogP contribution in [0.1, 0.15) is 35.1 Å². The number of carbonyl (C=O) groups is 1. The molecular weight excluding hydrogens is 338 g/mol. The number of methoxy groups -OCH3 is 1. The minimum atomic E-state index is -0.220. The van der Waals surface area contributed by atoms with Crippen LogP contribution in [0.3, 0.4) is 0 Å². The van der Waals surface area contributed by atoms with Crippen LogP contribution >= 0.6 is 11.6 Å². The molecule has 0 fully saturated rings. The summed E-state index contributed by atoms with van der Waals surface area (Å²) in [6.07, 6.45) is 3.50. The van der Waals surface area contributed by atoms with Crippen LogP contribution in [0, 0.1) is 6.92 Å². The summed E-state index contributed by atoms with van der Waals surface area (Å²) in [5.74, 6) is 0.303. The highest BCUT2D eigenvalue weighted by atomic mass is 35.5. The van der Waals surface area contributed by atoms with E-state index in [1.54, 1.807) is 13.2 Å². The largest absolute Gasteiger partial charge is 0.495 e. The number of imidazole rings is 1. The van der Waals surface area contributed by atoms with Crippen molar-refractivity contribution < 1.29 is 9.53 Å². The first-order valence-corrected chi connectivity index (χ1v) is 8.54. The highest BCUT2D eigenvalue weighted by Gasteiger charge is 2.20. The SMILES string of the molecule is CCCc1nc2ccccn2c1C(=O)Nc1cc(C)c(Cl)cc1OC. The molecule has 1 aromatic carbocycles. The summed E-state index contributed by atoms with van der Waals surface area (Å²) in [5, 5.41) is 3.53. The minimum Gasteiger partial charge on any atom is -0.495 e. The quantitative estimate of drug-likeness (QED) is 0.731. The molecule has 5 nitrogen and oxygen atoms in total. The molecule has 1 amide bonds. The van der Waals surface area contributed by atoms with Gasteiger partial charge in [0.1, 0.15) is 17.1 Å². The molecule has 0 aliphatic carbocycles. The first kappa shape index (κ1) is 17.3. The first-order valence-electron chi connectivity index (χ1n) is 8.16. The molecule has 2 aromatic heterocycles. The summed E-state index contributed by atoms with van der Waals surface area (Å²) in [4.78, 5) is 17.6. The number of anilines is 1. The van der Waals surface area contributed by atoms with Gasteiger partial charge in [0, 0.05) is 17.3 Å². The van der Waals surface area contributed by atoms with E-state index in [1.807, 2.05) is 41.8 Å². The average molecular weight is 358 g/mol. The van der Waals surface area contributed by atoms with Crippen molar-refractivity contribution in [2.45, 2.75) is 26.7 Å². The Balaban J connectivity index is 2.03. The van der Waals surface area contributed by atoms with Gasteiger partial charge in [-0.15, -0.1) is 0 Å². The lowest BCUT2D eigenvalue weighted by Gasteiger charge is -2.13. The van der Waals surface area contributed by atoms with Crippen LogP contribution in [0.25, 0.3) is 5.65 Å². The minimum absolute atomic E-state index is 0.220. The lowest BCUT2D eigenvalue weighted by Crippen LogP contribution is -2.17. The summed E-state index contributed by atoms with van der Waals surface area (Å²) in [6.45, 7) is 3.95. The summed E-state index contributed by atoms with van der Waals surface area (Å²) in [7, 11) is 1.55. The van der Waals surface area contributed by atoms with Crippen LogP contribution in [0.5, 0.6) is 5.75 Å². The van der Waals surface area contributed by atoms with Crippen molar-refractivity contribution >= 4 is 28.8 Å². The number of benzene rings is 1. The molecule has 0 atom stereocenters. The Hall–Kier alpha value is -2.53. The van der Waals surface area contributed by atoms with Crippen molar-refractivity contribution in [2.24, 2.45) is 0 Å². The zero-order chi connectivity index (χ0) is 18.0. The molecule has 0 bridgehead atoms. The number of amides is 1. The fourth-order valence-corrected chi connectivity index (χ4v) is 2.96. The maximum absolute atomic E-state index is 13.0. The first-order chi connectivity index (χ1) is 12.0.